The maximum Gasteiger partial charge on any atom is 0.258 e. The van der Waals surface area contributed by atoms with E-state index < -0.39 is 0 Å². The van der Waals surface area contributed by atoms with Crippen molar-refractivity contribution in [3.8, 4) is 5.75 Å². The number of benzene rings is 2. The molecule has 0 unspecified atom stereocenters. The molecule has 172 valence electrons. The number of halogens is 1. The summed E-state index contributed by atoms with van der Waals surface area (Å²) in [5.74, 6) is 2.77. The van der Waals surface area contributed by atoms with Gasteiger partial charge in [-0.25, -0.2) is 4.98 Å². The highest BCUT2D eigenvalue weighted by Crippen LogP contribution is 2.28. The minimum Gasteiger partial charge on any atom is -0.484 e. The van der Waals surface area contributed by atoms with Gasteiger partial charge in [0.25, 0.3) is 5.56 Å². The zero-order chi connectivity index (χ0) is 23.2. The van der Waals surface area contributed by atoms with Crippen LogP contribution in [0.15, 0.2) is 58.5 Å². The van der Waals surface area contributed by atoms with Gasteiger partial charge in [0.1, 0.15) is 18.2 Å². The van der Waals surface area contributed by atoms with Gasteiger partial charge in [-0.15, -0.1) is 10.2 Å². The molecule has 2 heterocycles. The first-order chi connectivity index (χ1) is 16.1. The molecule has 1 N–H and O–H groups in total. The van der Waals surface area contributed by atoms with Crippen LogP contribution in [-0.4, -0.2) is 30.5 Å². The van der Waals surface area contributed by atoms with Gasteiger partial charge in [0.05, 0.1) is 15.9 Å². The Morgan fingerprint density at radius 2 is 1.85 bits per heavy atom. The third-order valence-electron chi connectivity index (χ3n) is 5.47. The van der Waals surface area contributed by atoms with Crippen molar-refractivity contribution in [2.45, 2.75) is 50.9 Å². The Hall–Kier alpha value is -2.84. The van der Waals surface area contributed by atoms with Crippen LogP contribution in [0.5, 0.6) is 5.75 Å². The zero-order valence-electron chi connectivity index (χ0n) is 18.6. The van der Waals surface area contributed by atoms with Gasteiger partial charge in [0, 0.05) is 18.2 Å². The molecule has 0 amide bonds. The highest BCUT2D eigenvalue weighted by Gasteiger charge is 2.19. The van der Waals surface area contributed by atoms with Crippen LogP contribution < -0.4 is 10.3 Å². The lowest BCUT2D eigenvalue weighted by Crippen LogP contribution is -2.15. The topological polar surface area (TPSA) is 85.7 Å². The van der Waals surface area contributed by atoms with E-state index in [9.17, 15) is 4.79 Å². The van der Waals surface area contributed by atoms with E-state index in [0.717, 1.165) is 23.8 Å². The van der Waals surface area contributed by atoms with E-state index in [4.69, 9.17) is 16.3 Å². The van der Waals surface area contributed by atoms with E-state index in [-0.39, 0.29) is 18.2 Å². The molecule has 0 aliphatic heterocycles. The number of nitrogens with one attached hydrogen (secondary N) is 1. The molecular weight excluding hydrogens is 458 g/mol. The molecule has 0 spiro atoms. The summed E-state index contributed by atoms with van der Waals surface area (Å²) in [6.45, 7) is 4.60. The molecule has 0 fully saturated rings. The van der Waals surface area contributed by atoms with Crippen LogP contribution in [0, 0.1) is 0 Å². The number of hydrogen-bond acceptors (Lipinski definition) is 6. The molecule has 9 heteroatoms. The standard InChI is InChI=1S/C24H26ClN5O2S/c1-3-16(4-2)30-22(15-32-20-12-8-6-10-18(20)25)28-29-24(30)33-14-13-21-26-19-11-7-5-9-17(19)23(31)27-21/h5-12,16H,3-4,13-15H2,1-2H3,(H,26,27,31). The number of thioether (sulfide) groups is 1. The van der Waals surface area contributed by atoms with Crippen molar-refractivity contribution in [2.24, 2.45) is 0 Å². The van der Waals surface area contributed by atoms with E-state index in [1.807, 2.05) is 36.4 Å². The molecule has 2 aromatic carbocycles. The van der Waals surface area contributed by atoms with Gasteiger partial charge >= 0.3 is 0 Å². The number of aromatic nitrogens is 5. The molecule has 0 atom stereocenters. The largest absolute Gasteiger partial charge is 0.484 e. The Labute approximate surface area is 201 Å². The van der Waals surface area contributed by atoms with Crippen molar-refractivity contribution < 1.29 is 4.74 Å². The van der Waals surface area contributed by atoms with Crippen LogP contribution in [0.25, 0.3) is 10.9 Å². The number of rotatable bonds is 10. The van der Waals surface area contributed by atoms with Crippen LogP contribution in [0.4, 0.5) is 0 Å². The lowest BCUT2D eigenvalue weighted by molar-refractivity contribution is 0.278. The number of nitrogens with zero attached hydrogens (tertiary/aromatic N) is 4. The quantitative estimate of drug-likeness (QED) is 0.302. The van der Waals surface area contributed by atoms with E-state index in [1.54, 1.807) is 23.9 Å². The summed E-state index contributed by atoms with van der Waals surface area (Å²) in [6.07, 6.45) is 2.54. The van der Waals surface area contributed by atoms with Crippen molar-refractivity contribution in [3.63, 3.8) is 0 Å². The van der Waals surface area contributed by atoms with Crippen molar-refractivity contribution in [1.82, 2.24) is 24.7 Å². The molecule has 0 aliphatic rings. The number of para-hydroxylation sites is 2. The van der Waals surface area contributed by atoms with Gasteiger partial charge in [-0.05, 0) is 37.1 Å². The summed E-state index contributed by atoms with van der Waals surface area (Å²) in [4.78, 5) is 19.8. The SMILES string of the molecule is CCC(CC)n1c(COc2ccccc2Cl)nnc1SCCc1nc2ccccc2c(=O)[nH]1. The van der Waals surface area contributed by atoms with Crippen LogP contribution >= 0.6 is 23.4 Å². The summed E-state index contributed by atoms with van der Waals surface area (Å²) < 4.78 is 8.09. The van der Waals surface area contributed by atoms with E-state index >= 15 is 0 Å². The first kappa shape index (κ1) is 23.3. The highest BCUT2D eigenvalue weighted by atomic mass is 35.5. The predicted octanol–water partition coefficient (Wildman–Crippen LogP) is 5.44. The Bertz CT molecular complexity index is 1290. The van der Waals surface area contributed by atoms with E-state index in [0.29, 0.717) is 39.7 Å². The van der Waals surface area contributed by atoms with Gasteiger partial charge < -0.3 is 14.3 Å². The van der Waals surface area contributed by atoms with Crippen LogP contribution in [0.1, 0.15) is 44.4 Å². The number of hydrogen-bond donors (Lipinski definition) is 1. The Morgan fingerprint density at radius 1 is 1.09 bits per heavy atom. The second kappa shape index (κ2) is 10.9. The van der Waals surface area contributed by atoms with Gasteiger partial charge in [-0.2, -0.15) is 0 Å². The summed E-state index contributed by atoms with van der Waals surface area (Å²) in [7, 11) is 0. The average Bonchev–Trinajstić information content (AvgIpc) is 3.22. The molecule has 33 heavy (non-hydrogen) atoms. The van der Waals surface area contributed by atoms with E-state index in [2.05, 4.69) is 38.6 Å². The van der Waals surface area contributed by atoms with Crippen molar-refractivity contribution in [2.75, 3.05) is 5.75 Å². The van der Waals surface area contributed by atoms with Gasteiger partial charge in [0.15, 0.2) is 11.0 Å². The molecule has 4 aromatic rings. The summed E-state index contributed by atoms with van der Waals surface area (Å²) in [5.41, 5.74) is 0.597. The van der Waals surface area contributed by atoms with Crippen molar-refractivity contribution in [3.05, 3.63) is 75.6 Å². The molecule has 0 saturated heterocycles. The fourth-order valence-electron chi connectivity index (χ4n) is 3.72. The van der Waals surface area contributed by atoms with Crippen LogP contribution in [0.3, 0.4) is 0 Å². The minimum atomic E-state index is -0.111. The average molecular weight is 484 g/mol. The molecule has 0 radical (unpaired) electrons. The second-order valence-electron chi connectivity index (χ2n) is 7.59. The number of fused-ring (bicyclic) bond motifs is 1. The van der Waals surface area contributed by atoms with Crippen LogP contribution in [-0.2, 0) is 13.0 Å². The Morgan fingerprint density at radius 3 is 2.64 bits per heavy atom. The lowest BCUT2D eigenvalue weighted by atomic mass is 10.2. The van der Waals surface area contributed by atoms with Crippen LogP contribution in [0.2, 0.25) is 5.02 Å². The second-order valence-corrected chi connectivity index (χ2v) is 9.06. The number of aryl methyl sites for hydroxylation is 1. The zero-order valence-corrected chi connectivity index (χ0v) is 20.2. The summed E-state index contributed by atoms with van der Waals surface area (Å²) in [5, 5.41) is 10.9. The predicted molar refractivity (Wildman–Crippen MR) is 132 cm³/mol. The van der Waals surface area contributed by atoms with Gasteiger partial charge in [0.2, 0.25) is 0 Å². The molecule has 0 saturated carbocycles. The number of H-pyrrole nitrogens is 1. The maximum atomic E-state index is 12.3. The number of ether oxygens (including phenoxy) is 1. The van der Waals surface area contributed by atoms with Gasteiger partial charge in [-0.3, -0.25) is 4.79 Å². The first-order valence-electron chi connectivity index (χ1n) is 11.0. The highest BCUT2D eigenvalue weighted by molar-refractivity contribution is 7.99. The normalized spacial score (nSPS) is 11.4. The van der Waals surface area contributed by atoms with Gasteiger partial charge in [-0.1, -0.05) is 61.5 Å². The molecule has 0 bridgehead atoms. The molecule has 0 aliphatic carbocycles. The molecule has 7 nitrogen and oxygen atoms in total. The Balaban J connectivity index is 1.49. The Kier molecular flexibility index (Phi) is 7.67. The first-order valence-corrected chi connectivity index (χ1v) is 12.4. The molecular formula is C24H26ClN5O2S. The van der Waals surface area contributed by atoms with Crippen molar-refractivity contribution in [1.29, 1.82) is 0 Å². The maximum absolute atomic E-state index is 12.3. The third kappa shape index (κ3) is 5.39. The smallest absolute Gasteiger partial charge is 0.258 e. The van der Waals surface area contributed by atoms with Crippen molar-refractivity contribution >= 4 is 34.3 Å². The summed E-state index contributed by atoms with van der Waals surface area (Å²) >= 11 is 7.83. The third-order valence-corrected chi connectivity index (χ3v) is 6.73. The fourth-order valence-corrected chi connectivity index (χ4v) is 4.88. The number of aromatic amines is 1. The lowest BCUT2D eigenvalue weighted by Gasteiger charge is -2.19. The molecule has 2 aromatic heterocycles. The summed E-state index contributed by atoms with van der Waals surface area (Å²) in [6, 6.07) is 15.0. The minimum absolute atomic E-state index is 0.111. The fraction of sp³-hybridized carbons (Fsp3) is 0.333. The van der Waals surface area contributed by atoms with E-state index in [1.165, 1.54) is 0 Å². The monoisotopic (exact) mass is 483 g/mol. The molecule has 4 rings (SSSR count).